The number of aliphatic carboxylic acids is 1. The summed E-state index contributed by atoms with van der Waals surface area (Å²) in [6, 6.07) is -1.07. The van der Waals surface area contributed by atoms with Gasteiger partial charge in [0, 0.05) is 23.0 Å². The normalized spacial score (nSPS) is 19.4. The summed E-state index contributed by atoms with van der Waals surface area (Å²) in [5, 5.41) is 42.4. The fourth-order valence-electron chi connectivity index (χ4n) is 3.69. The van der Waals surface area contributed by atoms with Crippen molar-refractivity contribution in [3.05, 3.63) is 22.3 Å². The zero-order valence-corrected chi connectivity index (χ0v) is 22.1. The Kier molecular flexibility index (Phi) is 9.13. The van der Waals surface area contributed by atoms with Gasteiger partial charge in [0.15, 0.2) is 17.5 Å². The molecular formula is C20H19N9O7S3. The Hall–Kier alpha value is -3.99. The van der Waals surface area contributed by atoms with Crippen LogP contribution in [0.5, 0.6) is 0 Å². The molecule has 2 aliphatic rings. The molecule has 5 N–H and O–H groups in total. The highest BCUT2D eigenvalue weighted by molar-refractivity contribution is 8.01. The van der Waals surface area contributed by atoms with Crippen LogP contribution in [0.25, 0.3) is 0 Å². The molecule has 2 aromatic heterocycles. The minimum absolute atomic E-state index is 0.0672. The average molecular weight is 594 g/mol. The van der Waals surface area contributed by atoms with E-state index in [0.717, 1.165) is 28.0 Å². The molecule has 16 nitrogen and oxygen atoms in total. The number of H-pyrrole nitrogens is 1. The van der Waals surface area contributed by atoms with Gasteiger partial charge >= 0.3 is 5.97 Å². The summed E-state index contributed by atoms with van der Waals surface area (Å²) < 4.78 is 0. The number of amides is 3. The molecule has 0 spiro atoms. The molecule has 0 bridgehead atoms. The number of aliphatic hydroxyl groups is 1. The van der Waals surface area contributed by atoms with E-state index in [1.54, 1.807) is 0 Å². The fourth-order valence-corrected chi connectivity index (χ4v) is 6.87. The molecule has 4 rings (SSSR count). The number of carbonyl (C=O) groups excluding carboxylic acids is 3. The van der Waals surface area contributed by atoms with E-state index in [0.29, 0.717) is 12.0 Å². The molecule has 2 aliphatic heterocycles. The summed E-state index contributed by atoms with van der Waals surface area (Å²) in [4.78, 5) is 59.4. The zero-order chi connectivity index (χ0) is 27.9. The number of nitrogens with one attached hydrogen (secondary N) is 3. The molecule has 0 radical (unpaired) electrons. The van der Waals surface area contributed by atoms with E-state index in [-0.39, 0.29) is 52.8 Å². The van der Waals surface area contributed by atoms with E-state index in [4.69, 9.17) is 11.3 Å². The third kappa shape index (κ3) is 6.03. The number of aromatic nitrogens is 5. The van der Waals surface area contributed by atoms with Gasteiger partial charge in [-0.25, -0.2) is 9.78 Å². The first-order valence-corrected chi connectivity index (χ1v) is 13.7. The largest absolute Gasteiger partial charge is 0.477 e. The molecular weight excluding hydrogens is 574 g/mol. The van der Waals surface area contributed by atoms with Crippen molar-refractivity contribution >= 4 is 69.9 Å². The van der Waals surface area contributed by atoms with Crippen molar-refractivity contribution in [3.8, 4) is 12.3 Å². The molecule has 2 unspecified atom stereocenters. The number of oxime groups is 1. The highest BCUT2D eigenvalue weighted by Gasteiger charge is 2.55. The number of thioether (sulfide) groups is 2. The van der Waals surface area contributed by atoms with E-state index in [1.807, 2.05) is 0 Å². The Morgan fingerprint density at radius 2 is 2.31 bits per heavy atom. The van der Waals surface area contributed by atoms with Gasteiger partial charge in [-0.15, -0.1) is 39.7 Å². The topological polar surface area (TPSA) is 225 Å². The number of hydrogen-bond donors (Lipinski definition) is 5. The number of carboxylic acids is 1. The van der Waals surface area contributed by atoms with Crippen LogP contribution >= 0.6 is 34.9 Å². The number of tetrazole rings is 1. The third-order valence-electron chi connectivity index (χ3n) is 5.29. The van der Waals surface area contributed by atoms with E-state index < -0.39 is 34.4 Å². The second-order valence-electron chi connectivity index (χ2n) is 7.57. The molecule has 0 saturated carbocycles. The Bertz CT molecular complexity index is 1350. The quantitative estimate of drug-likeness (QED) is 0.0353. The van der Waals surface area contributed by atoms with E-state index in [9.17, 15) is 29.4 Å². The SMILES string of the molecule is C#CCON=C(C(=O)NC1C(=O)N2C(C(=O)O)=C(C(CCO)Sc3nn[nH]n3)CS[C@H]12)c1csc(NC=O)n1. The maximum Gasteiger partial charge on any atom is 0.352 e. The number of carbonyl (C=O) groups is 4. The maximum atomic E-state index is 13.1. The molecule has 39 heavy (non-hydrogen) atoms. The lowest BCUT2D eigenvalue weighted by Gasteiger charge is -2.50. The van der Waals surface area contributed by atoms with Crippen LogP contribution in [-0.2, 0) is 24.0 Å². The molecule has 4 heterocycles. The molecule has 204 valence electrons. The average Bonchev–Trinajstić information content (AvgIpc) is 3.61. The van der Waals surface area contributed by atoms with Crippen molar-refractivity contribution in [1.82, 2.24) is 35.8 Å². The van der Waals surface area contributed by atoms with Crippen LogP contribution in [0.4, 0.5) is 5.13 Å². The van der Waals surface area contributed by atoms with Gasteiger partial charge in [0.1, 0.15) is 22.8 Å². The van der Waals surface area contributed by atoms with Gasteiger partial charge in [-0.3, -0.25) is 19.3 Å². The monoisotopic (exact) mass is 593 g/mol. The molecule has 2 aromatic rings. The highest BCUT2D eigenvalue weighted by atomic mass is 32.2. The van der Waals surface area contributed by atoms with E-state index >= 15 is 0 Å². The summed E-state index contributed by atoms with van der Waals surface area (Å²) in [5.74, 6) is -0.375. The van der Waals surface area contributed by atoms with Gasteiger partial charge in [-0.05, 0) is 17.2 Å². The summed E-state index contributed by atoms with van der Waals surface area (Å²) in [5.41, 5.74) is -0.0355. The number of rotatable bonds is 13. The van der Waals surface area contributed by atoms with Crippen molar-refractivity contribution < 1.29 is 34.2 Å². The number of anilines is 1. The van der Waals surface area contributed by atoms with Crippen LogP contribution in [-0.4, -0.2) is 106 Å². The third-order valence-corrected chi connectivity index (χ3v) is 8.55. The Morgan fingerprint density at radius 1 is 1.49 bits per heavy atom. The minimum Gasteiger partial charge on any atom is -0.477 e. The number of hydrogen-bond acceptors (Lipinski definition) is 14. The van der Waals surface area contributed by atoms with Gasteiger partial charge in [0.05, 0.1) is 0 Å². The molecule has 1 saturated heterocycles. The first-order chi connectivity index (χ1) is 18.9. The molecule has 19 heteroatoms. The molecule has 1 fully saturated rings. The lowest BCUT2D eigenvalue weighted by molar-refractivity contribution is -0.150. The van der Waals surface area contributed by atoms with Crippen molar-refractivity contribution in [3.63, 3.8) is 0 Å². The second kappa shape index (κ2) is 12.7. The molecule has 3 atom stereocenters. The molecule has 0 aliphatic carbocycles. The van der Waals surface area contributed by atoms with E-state index in [2.05, 4.69) is 47.3 Å². The lowest BCUT2D eigenvalue weighted by atomic mass is 10.00. The Balaban J connectivity index is 1.55. The van der Waals surface area contributed by atoms with Crippen LogP contribution in [0.15, 0.2) is 27.0 Å². The van der Waals surface area contributed by atoms with Crippen molar-refractivity contribution in [2.24, 2.45) is 5.16 Å². The van der Waals surface area contributed by atoms with Gasteiger partial charge in [0.25, 0.3) is 11.8 Å². The predicted octanol–water partition coefficient (Wildman–Crippen LogP) is -1.14. The van der Waals surface area contributed by atoms with Crippen LogP contribution < -0.4 is 10.6 Å². The van der Waals surface area contributed by atoms with Crippen LogP contribution in [0, 0.1) is 12.3 Å². The first-order valence-electron chi connectivity index (χ1n) is 10.9. The summed E-state index contributed by atoms with van der Waals surface area (Å²) in [7, 11) is 0. The van der Waals surface area contributed by atoms with Gasteiger partial charge in [0.2, 0.25) is 11.6 Å². The molecule has 0 aromatic carbocycles. The van der Waals surface area contributed by atoms with Crippen molar-refractivity contribution in [2.75, 3.05) is 24.3 Å². The van der Waals surface area contributed by atoms with Crippen LogP contribution in [0.1, 0.15) is 12.1 Å². The smallest absolute Gasteiger partial charge is 0.352 e. The highest BCUT2D eigenvalue weighted by Crippen LogP contribution is 2.44. The summed E-state index contributed by atoms with van der Waals surface area (Å²) >= 11 is 3.39. The predicted molar refractivity (Wildman–Crippen MR) is 138 cm³/mol. The summed E-state index contributed by atoms with van der Waals surface area (Å²) in [6.07, 6.45) is 5.77. The maximum absolute atomic E-state index is 13.1. The summed E-state index contributed by atoms with van der Waals surface area (Å²) in [6.45, 7) is -0.474. The van der Waals surface area contributed by atoms with Crippen molar-refractivity contribution in [2.45, 2.75) is 28.2 Å². The Morgan fingerprint density at radius 3 is 2.97 bits per heavy atom. The Labute approximate surface area is 232 Å². The number of nitrogens with zero attached hydrogens (tertiary/aromatic N) is 6. The second-order valence-corrected chi connectivity index (χ2v) is 10.7. The van der Waals surface area contributed by atoms with E-state index in [1.165, 1.54) is 17.1 Å². The fraction of sp³-hybridized carbons (Fsp3) is 0.350. The lowest BCUT2D eigenvalue weighted by Crippen LogP contribution is -2.71. The number of aromatic amines is 1. The first kappa shape index (κ1) is 28.0. The van der Waals surface area contributed by atoms with Crippen LogP contribution in [0.3, 0.4) is 0 Å². The number of thiazole rings is 1. The zero-order valence-electron chi connectivity index (χ0n) is 19.6. The number of aliphatic hydroxyl groups excluding tert-OH is 1. The number of β-lactam (4-membered cyclic amide) rings is 1. The number of fused-ring (bicyclic) bond motifs is 1. The standard InChI is InChI=1S/C20H19N9O7S3/c1-2-5-36-26-12(10-7-38-19(22-10)21-8-31)15(32)23-13-16(33)29-14(18(34)35)9(6-37-17(13)29)11(3-4-30)39-20-24-27-28-25-20/h1,7-8,11,13,17,30H,3-6H2,(H,23,32)(H,34,35)(H,21,22,31)(H,24,25,27,28)/t11?,13?,17-/m1/s1. The number of carboxylic acid groups (broad SMARTS) is 1. The van der Waals surface area contributed by atoms with Gasteiger partial charge < -0.3 is 25.7 Å². The molecule has 3 amide bonds. The minimum atomic E-state index is -1.33. The van der Waals surface area contributed by atoms with Crippen molar-refractivity contribution in [1.29, 1.82) is 0 Å². The number of terminal acetylenes is 1. The van der Waals surface area contributed by atoms with Gasteiger partial charge in [-0.1, -0.05) is 22.8 Å². The van der Waals surface area contributed by atoms with Crippen LogP contribution in [0.2, 0.25) is 0 Å². The van der Waals surface area contributed by atoms with Gasteiger partial charge in [-0.2, -0.15) is 5.21 Å².